The summed E-state index contributed by atoms with van der Waals surface area (Å²) in [6.07, 6.45) is 5.92. The van der Waals surface area contributed by atoms with Gasteiger partial charge in [-0.1, -0.05) is 19.4 Å². The molecule has 0 bridgehead atoms. The standard InChI is InChI=1S/C14H25O4P/c1-5-8-9-14(11-10-13(4)15)12-19(16,17-6-2)18-7-3/h10-12H,5-9H2,1-4H3/b11-10+,14-12-. The van der Waals surface area contributed by atoms with Gasteiger partial charge in [0.25, 0.3) is 0 Å². The van der Waals surface area contributed by atoms with Crippen LogP contribution >= 0.6 is 7.60 Å². The maximum absolute atomic E-state index is 12.4. The summed E-state index contributed by atoms with van der Waals surface area (Å²) in [5.74, 6) is 1.50. The van der Waals surface area contributed by atoms with Crippen molar-refractivity contribution in [3.05, 3.63) is 23.5 Å². The summed E-state index contributed by atoms with van der Waals surface area (Å²) in [6, 6.07) is 0. The molecule has 110 valence electrons. The van der Waals surface area contributed by atoms with Crippen LogP contribution in [0.15, 0.2) is 23.5 Å². The van der Waals surface area contributed by atoms with Crippen molar-refractivity contribution in [1.29, 1.82) is 0 Å². The summed E-state index contributed by atoms with van der Waals surface area (Å²) in [6.45, 7) is 7.76. The number of ketones is 1. The lowest BCUT2D eigenvalue weighted by Crippen LogP contribution is -1.94. The Morgan fingerprint density at radius 1 is 1.11 bits per heavy atom. The van der Waals surface area contributed by atoms with Crippen molar-refractivity contribution in [2.45, 2.75) is 47.0 Å². The molecule has 0 aromatic heterocycles. The monoisotopic (exact) mass is 288 g/mol. The molecule has 4 nitrogen and oxygen atoms in total. The zero-order chi connectivity index (χ0) is 14.7. The Morgan fingerprint density at radius 2 is 1.68 bits per heavy atom. The first kappa shape index (κ1) is 18.3. The molecule has 0 fully saturated rings. The predicted molar refractivity (Wildman–Crippen MR) is 78.3 cm³/mol. The average Bonchev–Trinajstić information content (AvgIpc) is 2.33. The Hall–Kier alpha value is -0.700. The highest BCUT2D eigenvalue weighted by Gasteiger charge is 2.20. The van der Waals surface area contributed by atoms with Crippen LogP contribution in [-0.4, -0.2) is 19.0 Å². The topological polar surface area (TPSA) is 52.6 Å². The van der Waals surface area contributed by atoms with Crippen LogP contribution in [0.5, 0.6) is 0 Å². The molecule has 19 heavy (non-hydrogen) atoms. The van der Waals surface area contributed by atoms with Crippen LogP contribution < -0.4 is 0 Å². The van der Waals surface area contributed by atoms with Gasteiger partial charge >= 0.3 is 7.60 Å². The summed E-state index contributed by atoms with van der Waals surface area (Å²) in [5.41, 5.74) is 0.822. The molecular formula is C14H25O4P. The Morgan fingerprint density at radius 3 is 2.11 bits per heavy atom. The van der Waals surface area contributed by atoms with Crippen LogP contribution in [0.4, 0.5) is 0 Å². The minimum atomic E-state index is -3.20. The van der Waals surface area contributed by atoms with Gasteiger partial charge in [-0.3, -0.25) is 9.36 Å². The molecule has 0 aromatic carbocycles. The molecule has 0 spiro atoms. The van der Waals surface area contributed by atoms with E-state index < -0.39 is 7.60 Å². The third-order valence-electron chi connectivity index (χ3n) is 2.29. The lowest BCUT2D eigenvalue weighted by atomic mass is 10.1. The van der Waals surface area contributed by atoms with Crippen molar-refractivity contribution in [3.8, 4) is 0 Å². The Kier molecular flexibility index (Phi) is 9.76. The fourth-order valence-corrected chi connectivity index (χ4v) is 3.04. The minimum Gasteiger partial charge on any atom is -0.306 e. The van der Waals surface area contributed by atoms with Crippen LogP contribution in [0.25, 0.3) is 0 Å². The van der Waals surface area contributed by atoms with Gasteiger partial charge in [0.1, 0.15) is 0 Å². The van der Waals surface area contributed by atoms with Crippen LogP contribution in [-0.2, 0) is 18.4 Å². The van der Waals surface area contributed by atoms with E-state index in [4.69, 9.17) is 9.05 Å². The van der Waals surface area contributed by atoms with E-state index in [2.05, 4.69) is 6.92 Å². The SMILES string of the molecule is CCCCC(=C/P(=O)(OCC)OCC)/C=C/C(C)=O. The Labute approximate surface area is 116 Å². The summed E-state index contributed by atoms with van der Waals surface area (Å²) in [4.78, 5) is 11.0. The van der Waals surface area contributed by atoms with Crippen LogP contribution in [0.1, 0.15) is 47.0 Å². The first-order chi connectivity index (χ1) is 8.97. The second-order valence-corrected chi connectivity index (χ2v) is 5.98. The van der Waals surface area contributed by atoms with Gasteiger partial charge in [-0.2, -0.15) is 0 Å². The molecule has 0 saturated heterocycles. The van der Waals surface area contributed by atoms with Gasteiger partial charge < -0.3 is 9.05 Å². The molecule has 0 atom stereocenters. The largest absolute Gasteiger partial charge is 0.354 e. The number of allylic oxidation sites excluding steroid dienone is 3. The fraction of sp³-hybridized carbons (Fsp3) is 0.643. The molecule has 0 radical (unpaired) electrons. The second kappa shape index (κ2) is 10.1. The normalized spacial score (nSPS) is 13.2. The van der Waals surface area contributed by atoms with E-state index in [1.807, 2.05) is 0 Å². The van der Waals surface area contributed by atoms with Crippen LogP contribution in [0.3, 0.4) is 0 Å². The number of carbonyl (C=O) groups excluding carboxylic acids is 1. The number of hydrogen-bond acceptors (Lipinski definition) is 4. The highest BCUT2D eigenvalue weighted by Crippen LogP contribution is 2.51. The third kappa shape index (κ3) is 8.93. The average molecular weight is 288 g/mol. The van der Waals surface area contributed by atoms with Crippen molar-refractivity contribution in [2.75, 3.05) is 13.2 Å². The summed E-state index contributed by atoms with van der Waals surface area (Å²) >= 11 is 0. The van der Waals surface area contributed by atoms with E-state index in [-0.39, 0.29) is 5.78 Å². The van der Waals surface area contributed by atoms with Gasteiger partial charge in [-0.15, -0.1) is 0 Å². The summed E-state index contributed by atoms with van der Waals surface area (Å²) in [7, 11) is -3.20. The minimum absolute atomic E-state index is 0.0370. The lowest BCUT2D eigenvalue weighted by Gasteiger charge is -2.14. The maximum atomic E-state index is 12.4. The van der Waals surface area contributed by atoms with Gasteiger partial charge in [-0.25, -0.2) is 0 Å². The van der Waals surface area contributed by atoms with E-state index in [0.29, 0.717) is 13.2 Å². The Balaban J connectivity index is 5.10. The quantitative estimate of drug-likeness (QED) is 0.338. The van der Waals surface area contributed by atoms with Gasteiger partial charge in [-0.05, 0) is 45.3 Å². The zero-order valence-corrected chi connectivity index (χ0v) is 13.2. The number of hydrogen-bond donors (Lipinski definition) is 0. The molecule has 0 saturated carbocycles. The number of carbonyl (C=O) groups is 1. The van der Waals surface area contributed by atoms with Crippen molar-refractivity contribution in [1.82, 2.24) is 0 Å². The Bertz CT molecular complexity index is 362. The van der Waals surface area contributed by atoms with E-state index >= 15 is 0 Å². The third-order valence-corrected chi connectivity index (χ3v) is 4.18. The molecule has 0 aliphatic heterocycles. The molecule has 0 amide bonds. The first-order valence-corrected chi connectivity index (χ1v) is 8.37. The highest BCUT2D eigenvalue weighted by molar-refractivity contribution is 7.57. The van der Waals surface area contributed by atoms with Gasteiger partial charge in [0.15, 0.2) is 5.78 Å². The smallest absolute Gasteiger partial charge is 0.306 e. The zero-order valence-electron chi connectivity index (χ0n) is 12.3. The van der Waals surface area contributed by atoms with E-state index in [9.17, 15) is 9.36 Å². The van der Waals surface area contributed by atoms with Crippen molar-refractivity contribution < 1.29 is 18.4 Å². The molecule has 0 aliphatic carbocycles. The van der Waals surface area contributed by atoms with Gasteiger partial charge in [0.2, 0.25) is 0 Å². The van der Waals surface area contributed by atoms with E-state index in [1.165, 1.54) is 18.8 Å². The molecular weight excluding hydrogens is 263 g/mol. The number of rotatable bonds is 10. The van der Waals surface area contributed by atoms with Crippen molar-refractivity contribution in [3.63, 3.8) is 0 Å². The lowest BCUT2D eigenvalue weighted by molar-refractivity contribution is -0.112. The van der Waals surface area contributed by atoms with Gasteiger partial charge in [0.05, 0.1) is 13.2 Å². The van der Waals surface area contributed by atoms with Crippen molar-refractivity contribution in [2.24, 2.45) is 0 Å². The molecule has 0 heterocycles. The first-order valence-electron chi connectivity index (χ1n) is 6.76. The summed E-state index contributed by atoms with van der Waals surface area (Å²) in [5, 5.41) is 0. The molecule has 0 aromatic rings. The van der Waals surface area contributed by atoms with E-state index in [0.717, 1.165) is 24.8 Å². The predicted octanol–water partition coefficient (Wildman–Crippen LogP) is 4.47. The van der Waals surface area contributed by atoms with Gasteiger partial charge in [0, 0.05) is 5.82 Å². The fourth-order valence-electron chi connectivity index (χ4n) is 1.47. The second-order valence-electron chi connectivity index (χ2n) is 4.13. The van der Waals surface area contributed by atoms with E-state index in [1.54, 1.807) is 19.9 Å². The highest BCUT2D eigenvalue weighted by atomic mass is 31.2. The van der Waals surface area contributed by atoms with Crippen molar-refractivity contribution >= 4 is 13.4 Å². The molecule has 0 aliphatic rings. The molecule has 0 unspecified atom stereocenters. The molecule has 0 N–H and O–H groups in total. The van der Waals surface area contributed by atoms with Crippen LogP contribution in [0.2, 0.25) is 0 Å². The molecule has 5 heteroatoms. The number of unbranched alkanes of at least 4 members (excludes halogenated alkanes) is 1. The maximum Gasteiger partial charge on any atom is 0.354 e. The summed E-state index contributed by atoms with van der Waals surface area (Å²) < 4.78 is 22.8. The van der Waals surface area contributed by atoms with Crippen LogP contribution in [0, 0.1) is 0 Å². The molecule has 0 rings (SSSR count).